The van der Waals surface area contributed by atoms with Gasteiger partial charge in [0.25, 0.3) is 0 Å². The summed E-state index contributed by atoms with van der Waals surface area (Å²) < 4.78 is 31.8. The van der Waals surface area contributed by atoms with Gasteiger partial charge in [0.2, 0.25) is 10.0 Å². The SMILES string of the molecule is COc1ccc(C(=O)CN2CCN(S(=O)(=O)Cc3ccccc3)CC2)cc1. The molecule has 0 amide bonds. The number of carbonyl (C=O) groups is 1. The van der Waals surface area contributed by atoms with E-state index in [0.717, 1.165) is 5.56 Å². The van der Waals surface area contributed by atoms with E-state index in [4.69, 9.17) is 4.74 Å². The second-order valence-corrected chi connectivity index (χ2v) is 8.54. The van der Waals surface area contributed by atoms with Crippen LogP contribution in [0.25, 0.3) is 0 Å². The Kier molecular flexibility index (Phi) is 6.26. The molecular weight excluding hydrogens is 364 g/mol. The van der Waals surface area contributed by atoms with Gasteiger partial charge in [0.15, 0.2) is 5.78 Å². The molecular formula is C20H24N2O4S. The third kappa shape index (κ3) is 5.15. The molecule has 1 aliphatic rings. The zero-order chi connectivity index (χ0) is 19.3. The van der Waals surface area contributed by atoms with Crippen LogP contribution in [0.1, 0.15) is 15.9 Å². The van der Waals surface area contributed by atoms with E-state index in [-0.39, 0.29) is 11.5 Å². The van der Waals surface area contributed by atoms with E-state index in [9.17, 15) is 13.2 Å². The first-order chi connectivity index (χ1) is 13.0. The van der Waals surface area contributed by atoms with Crippen molar-refractivity contribution >= 4 is 15.8 Å². The molecule has 1 heterocycles. The van der Waals surface area contributed by atoms with Crippen LogP contribution in [0.4, 0.5) is 0 Å². The van der Waals surface area contributed by atoms with Gasteiger partial charge < -0.3 is 4.74 Å². The van der Waals surface area contributed by atoms with Gasteiger partial charge in [-0.05, 0) is 29.8 Å². The quantitative estimate of drug-likeness (QED) is 0.679. The van der Waals surface area contributed by atoms with Crippen molar-refractivity contribution in [3.63, 3.8) is 0 Å². The standard InChI is InChI=1S/C20H24N2O4S/c1-26-19-9-7-18(8-10-19)20(23)15-21-11-13-22(14-12-21)27(24,25)16-17-5-3-2-4-6-17/h2-10H,11-16H2,1H3. The molecule has 0 unspecified atom stereocenters. The van der Waals surface area contributed by atoms with Crippen LogP contribution in [-0.2, 0) is 15.8 Å². The first-order valence-corrected chi connectivity index (χ1v) is 10.5. The highest BCUT2D eigenvalue weighted by Crippen LogP contribution is 2.15. The molecule has 0 atom stereocenters. The number of rotatable bonds is 7. The van der Waals surface area contributed by atoms with Crippen molar-refractivity contribution < 1.29 is 17.9 Å². The normalized spacial score (nSPS) is 16.2. The third-order valence-electron chi connectivity index (χ3n) is 4.70. The molecule has 2 aromatic carbocycles. The van der Waals surface area contributed by atoms with Gasteiger partial charge in [-0.3, -0.25) is 9.69 Å². The molecule has 0 aliphatic carbocycles. The number of ketones is 1. The number of carbonyl (C=O) groups excluding carboxylic acids is 1. The monoisotopic (exact) mass is 388 g/mol. The summed E-state index contributed by atoms with van der Waals surface area (Å²) in [5.41, 5.74) is 1.42. The molecule has 0 saturated carbocycles. The van der Waals surface area contributed by atoms with Crippen molar-refractivity contribution in [2.45, 2.75) is 5.75 Å². The average molecular weight is 388 g/mol. The Labute approximate surface area is 160 Å². The lowest BCUT2D eigenvalue weighted by molar-refractivity contribution is 0.0901. The average Bonchev–Trinajstić information content (AvgIpc) is 2.69. The fourth-order valence-corrected chi connectivity index (χ4v) is 4.63. The van der Waals surface area contributed by atoms with Crippen LogP contribution < -0.4 is 4.74 Å². The minimum Gasteiger partial charge on any atom is -0.497 e. The van der Waals surface area contributed by atoms with Gasteiger partial charge in [0, 0.05) is 31.7 Å². The molecule has 144 valence electrons. The first kappa shape index (κ1) is 19.5. The molecule has 0 spiro atoms. The van der Waals surface area contributed by atoms with Crippen molar-refractivity contribution in [1.82, 2.24) is 9.21 Å². The number of Topliss-reactive ketones (excluding diaryl/α,β-unsaturated/α-hetero) is 1. The van der Waals surface area contributed by atoms with Crippen molar-refractivity contribution in [2.75, 3.05) is 39.8 Å². The van der Waals surface area contributed by atoms with Crippen LogP contribution in [-0.4, -0.2) is 63.2 Å². The summed E-state index contributed by atoms with van der Waals surface area (Å²) in [6.45, 7) is 2.21. The maximum atomic E-state index is 12.6. The van der Waals surface area contributed by atoms with Gasteiger partial charge in [-0.2, -0.15) is 4.31 Å². The fourth-order valence-electron chi connectivity index (χ4n) is 3.11. The van der Waals surface area contributed by atoms with Crippen LogP contribution >= 0.6 is 0 Å². The smallest absolute Gasteiger partial charge is 0.218 e. The highest BCUT2D eigenvalue weighted by atomic mass is 32.2. The van der Waals surface area contributed by atoms with Crippen molar-refractivity contribution in [3.05, 3.63) is 65.7 Å². The number of ether oxygens (including phenoxy) is 1. The van der Waals surface area contributed by atoms with E-state index >= 15 is 0 Å². The summed E-state index contributed by atoms with van der Waals surface area (Å²) in [5, 5.41) is 0. The summed E-state index contributed by atoms with van der Waals surface area (Å²) in [4.78, 5) is 14.4. The lowest BCUT2D eigenvalue weighted by Gasteiger charge is -2.33. The van der Waals surface area contributed by atoms with Gasteiger partial charge in [0.05, 0.1) is 19.4 Å². The van der Waals surface area contributed by atoms with Crippen LogP contribution in [0, 0.1) is 0 Å². The fraction of sp³-hybridized carbons (Fsp3) is 0.350. The molecule has 3 rings (SSSR count). The minimum absolute atomic E-state index is 0.0125. The van der Waals surface area contributed by atoms with Crippen LogP contribution in [0.5, 0.6) is 5.75 Å². The van der Waals surface area contributed by atoms with E-state index in [1.807, 2.05) is 35.2 Å². The Balaban J connectivity index is 1.53. The summed E-state index contributed by atoms with van der Waals surface area (Å²) in [7, 11) is -1.75. The Bertz CT molecular complexity index is 859. The van der Waals surface area contributed by atoms with Gasteiger partial charge in [-0.1, -0.05) is 30.3 Å². The van der Waals surface area contributed by atoms with E-state index in [1.54, 1.807) is 31.4 Å². The number of sulfonamides is 1. The molecule has 0 radical (unpaired) electrons. The zero-order valence-corrected chi connectivity index (χ0v) is 16.2. The summed E-state index contributed by atoms with van der Waals surface area (Å²) in [6, 6.07) is 16.2. The van der Waals surface area contributed by atoms with Crippen LogP contribution in [0.2, 0.25) is 0 Å². The molecule has 2 aromatic rings. The number of methoxy groups -OCH3 is 1. The van der Waals surface area contributed by atoms with E-state index < -0.39 is 10.0 Å². The predicted octanol–water partition coefficient (Wildman–Crippen LogP) is 2.03. The number of piperazine rings is 1. The molecule has 0 N–H and O–H groups in total. The van der Waals surface area contributed by atoms with Crippen LogP contribution in [0.15, 0.2) is 54.6 Å². The highest BCUT2D eigenvalue weighted by molar-refractivity contribution is 7.88. The summed E-state index contributed by atoms with van der Waals surface area (Å²) in [5.74, 6) is 0.751. The van der Waals surface area contributed by atoms with E-state index in [2.05, 4.69) is 0 Å². The third-order valence-corrected chi connectivity index (χ3v) is 6.55. The zero-order valence-electron chi connectivity index (χ0n) is 15.4. The molecule has 1 aliphatic heterocycles. The Morgan fingerprint density at radius 1 is 0.963 bits per heavy atom. The lowest BCUT2D eigenvalue weighted by atomic mass is 10.1. The maximum absolute atomic E-state index is 12.6. The summed E-state index contributed by atoms with van der Waals surface area (Å²) >= 11 is 0. The second-order valence-electron chi connectivity index (χ2n) is 6.57. The highest BCUT2D eigenvalue weighted by Gasteiger charge is 2.27. The van der Waals surface area contributed by atoms with Gasteiger partial charge in [-0.25, -0.2) is 8.42 Å². The Morgan fingerprint density at radius 3 is 2.19 bits per heavy atom. The number of benzene rings is 2. The Hall–Kier alpha value is -2.22. The number of nitrogens with zero attached hydrogens (tertiary/aromatic N) is 2. The minimum atomic E-state index is -3.34. The molecule has 7 heteroatoms. The van der Waals surface area contributed by atoms with Crippen molar-refractivity contribution in [2.24, 2.45) is 0 Å². The number of hydrogen-bond acceptors (Lipinski definition) is 5. The maximum Gasteiger partial charge on any atom is 0.218 e. The Morgan fingerprint density at radius 2 is 1.59 bits per heavy atom. The first-order valence-electron chi connectivity index (χ1n) is 8.89. The number of hydrogen-bond donors (Lipinski definition) is 0. The van der Waals surface area contributed by atoms with Crippen molar-refractivity contribution in [3.8, 4) is 5.75 Å². The molecule has 0 bridgehead atoms. The van der Waals surface area contributed by atoms with Gasteiger partial charge in [0.1, 0.15) is 5.75 Å². The summed E-state index contributed by atoms with van der Waals surface area (Å²) in [6.07, 6.45) is 0. The van der Waals surface area contributed by atoms with Gasteiger partial charge in [-0.15, -0.1) is 0 Å². The largest absolute Gasteiger partial charge is 0.497 e. The molecule has 0 aromatic heterocycles. The molecule has 27 heavy (non-hydrogen) atoms. The lowest BCUT2D eigenvalue weighted by Crippen LogP contribution is -2.50. The predicted molar refractivity (Wildman–Crippen MR) is 104 cm³/mol. The molecule has 1 fully saturated rings. The topological polar surface area (TPSA) is 66.9 Å². The van der Waals surface area contributed by atoms with Gasteiger partial charge >= 0.3 is 0 Å². The van der Waals surface area contributed by atoms with Crippen molar-refractivity contribution in [1.29, 1.82) is 0 Å². The molecule has 1 saturated heterocycles. The van der Waals surface area contributed by atoms with E-state index in [0.29, 0.717) is 44.0 Å². The van der Waals surface area contributed by atoms with Crippen LogP contribution in [0.3, 0.4) is 0 Å². The second kappa shape index (κ2) is 8.65. The molecule has 6 nitrogen and oxygen atoms in total. The van der Waals surface area contributed by atoms with E-state index in [1.165, 1.54) is 4.31 Å².